The zero-order valence-corrected chi connectivity index (χ0v) is 23.3. The van der Waals surface area contributed by atoms with Crippen LogP contribution in [0, 0.1) is 0 Å². The lowest BCUT2D eigenvalue weighted by Crippen LogP contribution is -2.11. The molecular formula is C37H25N3O4. The van der Waals surface area contributed by atoms with Gasteiger partial charge in [0.15, 0.2) is 5.71 Å². The molecule has 2 heterocycles. The minimum Gasteiger partial charge on any atom is -0.477 e. The molecular weight excluding hydrogens is 550 g/mol. The molecule has 1 aromatic heterocycles. The van der Waals surface area contributed by atoms with Crippen molar-refractivity contribution in [3.05, 3.63) is 162 Å². The Bertz CT molecular complexity index is 2070. The zero-order valence-electron chi connectivity index (χ0n) is 23.3. The van der Waals surface area contributed by atoms with Crippen LogP contribution >= 0.6 is 0 Å². The van der Waals surface area contributed by atoms with Crippen LogP contribution in [0.15, 0.2) is 138 Å². The number of aliphatic imine (C=N–C) groups is 1. The fourth-order valence-corrected chi connectivity index (χ4v) is 5.80. The van der Waals surface area contributed by atoms with Gasteiger partial charge in [-0.15, -0.1) is 0 Å². The number of nitrogens with one attached hydrogen (secondary N) is 1. The number of rotatable bonds is 7. The Kier molecular flexibility index (Phi) is 6.60. The third-order valence-electron chi connectivity index (χ3n) is 7.72. The van der Waals surface area contributed by atoms with Crippen LogP contribution in [0.5, 0.6) is 0 Å². The van der Waals surface area contributed by atoms with E-state index in [0.29, 0.717) is 38.9 Å². The van der Waals surface area contributed by atoms with Gasteiger partial charge in [0.2, 0.25) is 0 Å². The van der Waals surface area contributed by atoms with Gasteiger partial charge < -0.3 is 20.1 Å². The molecule has 0 fully saturated rings. The van der Waals surface area contributed by atoms with E-state index in [2.05, 4.69) is 14.9 Å². The number of aliphatic carboxylic acids is 1. The molecule has 44 heavy (non-hydrogen) atoms. The van der Waals surface area contributed by atoms with Crippen LogP contribution in [-0.2, 0) is 4.79 Å². The molecule has 0 unspecified atom stereocenters. The highest BCUT2D eigenvalue weighted by Gasteiger charge is 2.30. The first kappa shape index (κ1) is 26.7. The Labute approximate surface area is 252 Å². The topological polar surface area (TPSA) is 106 Å². The van der Waals surface area contributed by atoms with E-state index in [0.717, 1.165) is 22.6 Å². The highest BCUT2D eigenvalue weighted by molar-refractivity contribution is 6.46. The first-order valence-electron chi connectivity index (χ1n) is 14.0. The van der Waals surface area contributed by atoms with Gasteiger partial charge in [0.25, 0.3) is 0 Å². The van der Waals surface area contributed by atoms with Crippen molar-refractivity contribution in [2.24, 2.45) is 4.99 Å². The number of carbonyl (C=O) groups is 2. The van der Waals surface area contributed by atoms with E-state index < -0.39 is 11.9 Å². The Balaban J connectivity index is 1.47. The molecule has 0 atom stereocenters. The number of hydrogen-bond acceptors (Lipinski definition) is 4. The zero-order chi connectivity index (χ0) is 30.2. The molecule has 1 aliphatic heterocycles. The molecule has 1 aliphatic rings. The lowest BCUT2D eigenvalue weighted by molar-refractivity contribution is -0.129. The minimum atomic E-state index is -1.13. The van der Waals surface area contributed by atoms with Gasteiger partial charge in [-0.2, -0.15) is 0 Å². The molecule has 0 bridgehead atoms. The Hall–Kier alpha value is -6.21. The molecule has 7 heteroatoms. The number of nitrogens with zero attached hydrogens (tertiary/aromatic N) is 2. The van der Waals surface area contributed by atoms with E-state index in [4.69, 9.17) is 0 Å². The summed E-state index contributed by atoms with van der Waals surface area (Å²) in [7, 11) is 0. The predicted octanol–water partition coefficient (Wildman–Crippen LogP) is 8.14. The molecule has 7 nitrogen and oxygen atoms in total. The van der Waals surface area contributed by atoms with Gasteiger partial charge in [-0.25, -0.2) is 14.6 Å². The van der Waals surface area contributed by atoms with Crippen LogP contribution in [0.4, 0.5) is 17.1 Å². The van der Waals surface area contributed by atoms with Gasteiger partial charge in [0.05, 0.1) is 11.4 Å². The summed E-state index contributed by atoms with van der Waals surface area (Å²) in [6.45, 7) is 0. The first-order chi connectivity index (χ1) is 21.5. The molecule has 6 aromatic rings. The molecule has 0 spiro atoms. The van der Waals surface area contributed by atoms with E-state index in [1.165, 1.54) is 0 Å². The molecule has 212 valence electrons. The summed E-state index contributed by atoms with van der Waals surface area (Å²) >= 11 is 0. The van der Waals surface area contributed by atoms with Gasteiger partial charge in [-0.05, 0) is 42.0 Å². The first-order valence-corrected chi connectivity index (χ1v) is 14.0. The average Bonchev–Trinajstić information content (AvgIpc) is 3.63. The smallest absolute Gasteiger partial charge is 0.355 e. The van der Waals surface area contributed by atoms with Crippen LogP contribution in [0.25, 0.3) is 22.0 Å². The number of H-pyrrole nitrogens is 1. The summed E-state index contributed by atoms with van der Waals surface area (Å²) in [5.74, 6) is -2.22. The van der Waals surface area contributed by atoms with Gasteiger partial charge in [0.1, 0.15) is 5.69 Å². The van der Waals surface area contributed by atoms with Gasteiger partial charge in [0, 0.05) is 44.5 Å². The normalized spacial score (nSPS) is 13.3. The van der Waals surface area contributed by atoms with Crippen LogP contribution < -0.4 is 4.90 Å². The predicted molar refractivity (Wildman–Crippen MR) is 173 cm³/mol. The van der Waals surface area contributed by atoms with Crippen LogP contribution in [0.1, 0.15) is 32.9 Å². The molecule has 0 amide bonds. The summed E-state index contributed by atoms with van der Waals surface area (Å²) in [5.41, 5.74) is 6.43. The van der Waals surface area contributed by atoms with Crippen molar-refractivity contribution in [1.82, 2.24) is 4.98 Å². The molecule has 0 radical (unpaired) electrons. The number of anilines is 3. The number of benzene rings is 5. The standard InChI is InChI=1S/C37H25N3O4/c41-36(42)34-29-17-9-7-15-27(29)32(38-34)31(33-28-16-8-10-18-30(28)35(39-33)37(43)44)23-19-21-26(22-20-23)40(24-11-3-1-4-12-24)25-13-5-2-6-14-25/h1-22,38H,(H,41,42)(H,43,44)/b33-31-. The number of carboxylic acids is 2. The molecule has 0 saturated heterocycles. The number of aromatic amines is 1. The molecule has 3 N–H and O–H groups in total. The summed E-state index contributed by atoms with van der Waals surface area (Å²) < 4.78 is 0. The van der Waals surface area contributed by atoms with Crippen LogP contribution in [0.2, 0.25) is 0 Å². The third-order valence-corrected chi connectivity index (χ3v) is 7.72. The van der Waals surface area contributed by atoms with Crippen molar-refractivity contribution >= 4 is 56.8 Å². The number of carboxylic acid groups (broad SMARTS) is 2. The number of para-hydroxylation sites is 2. The Morgan fingerprint density at radius 2 is 1.05 bits per heavy atom. The maximum absolute atomic E-state index is 12.3. The number of hydrogen-bond donors (Lipinski definition) is 3. The Morgan fingerprint density at radius 1 is 0.545 bits per heavy atom. The molecule has 7 rings (SSSR count). The lowest BCUT2D eigenvalue weighted by Gasteiger charge is -2.25. The van der Waals surface area contributed by atoms with Crippen molar-refractivity contribution in [3.63, 3.8) is 0 Å². The average molecular weight is 576 g/mol. The maximum atomic E-state index is 12.3. The number of fused-ring (bicyclic) bond motifs is 2. The fraction of sp³-hybridized carbons (Fsp3) is 0. The number of aromatic carboxylic acids is 1. The van der Waals surface area contributed by atoms with E-state index in [1.807, 2.05) is 109 Å². The molecule has 0 saturated carbocycles. The monoisotopic (exact) mass is 575 g/mol. The molecule has 0 aliphatic carbocycles. The van der Waals surface area contributed by atoms with E-state index in [-0.39, 0.29) is 11.4 Å². The number of aromatic nitrogens is 1. The minimum absolute atomic E-state index is 0.0540. The van der Waals surface area contributed by atoms with Gasteiger partial charge in [-0.1, -0.05) is 97.1 Å². The van der Waals surface area contributed by atoms with Crippen molar-refractivity contribution < 1.29 is 19.8 Å². The highest BCUT2D eigenvalue weighted by atomic mass is 16.4. The van der Waals surface area contributed by atoms with Gasteiger partial charge in [-0.3, -0.25) is 0 Å². The van der Waals surface area contributed by atoms with E-state index in [1.54, 1.807) is 24.3 Å². The fourth-order valence-electron chi connectivity index (χ4n) is 5.80. The van der Waals surface area contributed by atoms with Crippen molar-refractivity contribution in [3.8, 4) is 0 Å². The SMILES string of the molecule is O=C(O)C1=N/C(=C(/c2ccc(N(c3ccccc3)c3ccccc3)cc2)c2[nH]c(C(=O)O)c3ccccc23)c2ccccc21. The second-order valence-electron chi connectivity index (χ2n) is 10.3. The quantitative estimate of drug-likeness (QED) is 0.178. The van der Waals surface area contributed by atoms with Crippen molar-refractivity contribution in [2.75, 3.05) is 4.90 Å². The third kappa shape index (κ3) is 4.53. The maximum Gasteiger partial charge on any atom is 0.355 e. The van der Waals surface area contributed by atoms with E-state index in [9.17, 15) is 19.8 Å². The summed E-state index contributed by atoms with van der Waals surface area (Å²) in [4.78, 5) is 34.5. The highest BCUT2D eigenvalue weighted by Crippen LogP contribution is 2.42. The molecule has 5 aromatic carbocycles. The second-order valence-corrected chi connectivity index (χ2v) is 10.3. The second kappa shape index (κ2) is 10.9. The van der Waals surface area contributed by atoms with Crippen LogP contribution in [-0.4, -0.2) is 32.8 Å². The van der Waals surface area contributed by atoms with Crippen molar-refractivity contribution in [1.29, 1.82) is 0 Å². The summed E-state index contributed by atoms with van der Waals surface area (Å²) in [5, 5.41) is 21.3. The Morgan fingerprint density at radius 3 is 1.61 bits per heavy atom. The van der Waals surface area contributed by atoms with Crippen LogP contribution in [0.3, 0.4) is 0 Å². The van der Waals surface area contributed by atoms with Gasteiger partial charge >= 0.3 is 11.9 Å². The lowest BCUT2D eigenvalue weighted by atomic mass is 9.93. The largest absolute Gasteiger partial charge is 0.477 e. The van der Waals surface area contributed by atoms with E-state index >= 15 is 0 Å². The summed E-state index contributed by atoms with van der Waals surface area (Å²) in [6.07, 6.45) is 0. The summed E-state index contributed by atoms with van der Waals surface area (Å²) in [6, 6.07) is 42.5. The van der Waals surface area contributed by atoms with Crippen molar-refractivity contribution in [2.45, 2.75) is 0 Å².